The number of aromatic nitrogens is 4. The largest absolute Gasteiger partial charge is 0.452 e. The van der Waals surface area contributed by atoms with Crippen LogP contribution in [0.1, 0.15) is 18.2 Å². The van der Waals surface area contributed by atoms with Gasteiger partial charge in [0.2, 0.25) is 0 Å². The maximum absolute atomic E-state index is 6.33. The van der Waals surface area contributed by atoms with Gasteiger partial charge in [0, 0.05) is 44.0 Å². The van der Waals surface area contributed by atoms with E-state index in [0.29, 0.717) is 5.58 Å². The number of rotatable bonds is 6. The highest BCUT2D eigenvalue weighted by Gasteiger charge is 2.19. The van der Waals surface area contributed by atoms with Crippen molar-refractivity contribution in [1.29, 1.82) is 0 Å². The quantitative estimate of drug-likeness (QED) is 0.177. The number of fused-ring (bicyclic) bond motifs is 7. The van der Waals surface area contributed by atoms with Crippen LogP contribution in [0.25, 0.3) is 101 Å². The van der Waals surface area contributed by atoms with E-state index in [1.807, 2.05) is 19.1 Å². The number of benzene rings is 6. The molecule has 4 aromatic heterocycles. The number of furan rings is 1. The average molecular weight is 669 g/mol. The van der Waals surface area contributed by atoms with Gasteiger partial charge in [-0.3, -0.25) is 0 Å². The van der Waals surface area contributed by atoms with E-state index < -0.39 is 0 Å². The average Bonchev–Trinajstić information content (AvgIpc) is 3.85. The number of hydrogen-bond acceptors (Lipinski definition) is 3. The lowest BCUT2D eigenvalue weighted by molar-refractivity contribution is 0.602. The van der Waals surface area contributed by atoms with Gasteiger partial charge in [0.25, 0.3) is 0 Å². The molecule has 0 saturated carbocycles. The number of hydrogen-bond donors (Lipinski definition) is 0. The van der Waals surface area contributed by atoms with Gasteiger partial charge in [0.05, 0.1) is 22.1 Å². The minimum Gasteiger partial charge on any atom is -0.452 e. The maximum Gasteiger partial charge on any atom is 0.180 e. The fraction of sp³-hybridized carbons (Fsp3) is 0.0213. The van der Waals surface area contributed by atoms with Crippen LogP contribution >= 0.6 is 0 Å². The second-order valence-electron chi connectivity index (χ2n) is 13.0. The molecule has 0 atom stereocenters. The Morgan fingerprint density at radius 1 is 0.558 bits per heavy atom. The summed E-state index contributed by atoms with van der Waals surface area (Å²) in [5.74, 6) is 0.726. The zero-order valence-corrected chi connectivity index (χ0v) is 28.5. The predicted octanol–water partition coefficient (Wildman–Crippen LogP) is 12.4. The Morgan fingerprint density at radius 3 is 2.00 bits per heavy atom. The first kappa shape index (κ1) is 29.9. The van der Waals surface area contributed by atoms with Crippen LogP contribution in [0, 0.1) is 0 Å². The standard InChI is InChI=1S/C47H32N4O/c1-3-13-44-35(4-2)46-47(52-44)45(48-29-49-46)32-14-12-17-34(26-32)51-41-21-11-9-19-37(41)39-27-30(23-25-42(39)51)31-22-24-38-36-18-8-10-20-40(36)50(43(38)28-31)33-15-6-5-7-16-33/h3-29H,2H2,1H3/b13-3-. The van der Waals surface area contributed by atoms with Gasteiger partial charge in [-0.25, -0.2) is 9.97 Å². The molecule has 0 unspecified atom stereocenters. The number of allylic oxidation sites excluding steroid dienone is 1. The topological polar surface area (TPSA) is 48.8 Å². The first-order valence-electron chi connectivity index (χ1n) is 17.5. The zero-order valence-electron chi connectivity index (χ0n) is 28.5. The van der Waals surface area contributed by atoms with Crippen molar-refractivity contribution in [3.63, 3.8) is 0 Å². The fourth-order valence-electron chi connectivity index (χ4n) is 7.85. The molecule has 0 spiro atoms. The summed E-state index contributed by atoms with van der Waals surface area (Å²) in [6, 6.07) is 50.1. The van der Waals surface area contributed by atoms with Crippen molar-refractivity contribution in [2.75, 3.05) is 0 Å². The molecule has 0 bridgehead atoms. The molecule has 0 amide bonds. The predicted molar refractivity (Wildman–Crippen MR) is 216 cm³/mol. The molecule has 52 heavy (non-hydrogen) atoms. The Labute approximate surface area is 300 Å². The van der Waals surface area contributed by atoms with Crippen molar-refractivity contribution >= 4 is 66.9 Å². The van der Waals surface area contributed by atoms with Gasteiger partial charge >= 0.3 is 0 Å². The van der Waals surface area contributed by atoms with Crippen molar-refractivity contribution in [3.8, 4) is 33.8 Å². The van der Waals surface area contributed by atoms with E-state index in [9.17, 15) is 0 Å². The molecular formula is C47H32N4O. The second-order valence-corrected chi connectivity index (χ2v) is 13.0. The molecule has 0 N–H and O–H groups in total. The minimum atomic E-state index is 0.651. The molecule has 0 aliphatic rings. The minimum absolute atomic E-state index is 0.651. The van der Waals surface area contributed by atoms with Crippen LogP contribution in [-0.2, 0) is 0 Å². The molecule has 0 saturated heterocycles. The van der Waals surface area contributed by atoms with Crippen LogP contribution < -0.4 is 0 Å². The fourth-order valence-corrected chi connectivity index (χ4v) is 7.85. The first-order chi connectivity index (χ1) is 25.7. The highest BCUT2D eigenvalue weighted by Crippen LogP contribution is 2.39. The zero-order chi connectivity index (χ0) is 34.8. The second kappa shape index (κ2) is 11.8. The summed E-state index contributed by atoms with van der Waals surface area (Å²) < 4.78 is 11.0. The van der Waals surface area contributed by atoms with Gasteiger partial charge in [-0.05, 0) is 78.7 Å². The van der Waals surface area contributed by atoms with E-state index in [1.165, 1.54) is 43.7 Å². The molecule has 0 aliphatic heterocycles. The summed E-state index contributed by atoms with van der Waals surface area (Å²) in [5, 5.41) is 4.90. The number of para-hydroxylation sites is 3. The van der Waals surface area contributed by atoms with Crippen LogP contribution in [0.3, 0.4) is 0 Å². The van der Waals surface area contributed by atoms with Gasteiger partial charge in [-0.2, -0.15) is 0 Å². The molecule has 4 heterocycles. The monoisotopic (exact) mass is 668 g/mol. The molecule has 0 fully saturated rings. The van der Waals surface area contributed by atoms with E-state index in [1.54, 1.807) is 12.4 Å². The lowest BCUT2D eigenvalue weighted by atomic mass is 10.0. The highest BCUT2D eigenvalue weighted by molar-refractivity contribution is 6.12. The molecule has 246 valence electrons. The Hall–Kier alpha value is -6.98. The van der Waals surface area contributed by atoms with Crippen LogP contribution in [0.15, 0.2) is 163 Å². The summed E-state index contributed by atoms with van der Waals surface area (Å²) in [6.07, 6.45) is 7.29. The smallest absolute Gasteiger partial charge is 0.180 e. The Balaban J connectivity index is 1.14. The summed E-state index contributed by atoms with van der Waals surface area (Å²) in [4.78, 5) is 9.26. The SMILES string of the molecule is C=Cc1c(/C=C\C)oc2c(-c3cccc(-n4c5ccccc5c5cc(-c6ccc7c8ccccc8n(-c8ccccc8)c7c6)ccc54)c3)ncnc12. The first-order valence-corrected chi connectivity index (χ1v) is 17.5. The third-order valence-corrected chi connectivity index (χ3v) is 10.1. The molecule has 0 radical (unpaired) electrons. The molecule has 10 aromatic rings. The van der Waals surface area contributed by atoms with E-state index in [-0.39, 0.29) is 0 Å². The molecule has 0 aliphatic carbocycles. The lowest BCUT2D eigenvalue weighted by Crippen LogP contribution is -1.95. The van der Waals surface area contributed by atoms with Gasteiger partial charge in [-0.15, -0.1) is 0 Å². The van der Waals surface area contributed by atoms with Crippen molar-refractivity contribution < 1.29 is 4.42 Å². The molecular weight excluding hydrogens is 637 g/mol. The van der Waals surface area contributed by atoms with Crippen molar-refractivity contribution in [1.82, 2.24) is 19.1 Å². The van der Waals surface area contributed by atoms with Crippen LogP contribution in [0.5, 0.6) is 0 Å². The molecule has 6 aromatic carbocycles. The van der Waals surface area contributed by atoms with E-state index in [0.717, 1.165) is 50.5 Å². The van der Waals surface area contributed by atoms with Crippen LogP contribution in [0.4, 0.5) is 0 Å². The van der Waals surface area contributed by atoms with Gasteiger partial charge in [0.1, 0.15) is 23.3 Å². The Kier molecular flexibility index (Phi) is 6.80. The van der Waals surface area contributed by atoms with Gasteiger partial charge < -0.3 is 13.6 Å². The summed E-state index contributed by atoms with van der Waals surface area (Å²) in [6.45, 7) is 5.98. The van der Waals surface area contributed by atoms with Gasteiger partial charge in [-0.1, -0.05) is 104 Å². The van der Waals surface area contributed by atoms with E-state index in [2.05, 4.69) is 160 Å². The Morgan fingerprint density at radius 2 is 1.21 bits per heavy atom. The summed E-state index contributed by atoms with van der Waals surface area (Å²) >= 11 is 0. The maximum atomic E-state index is 6.33. The third kappa shape index (κ3) is 4.49. The normalized spacial score (nSPS) is 11.9. The van der Waals surface area contributed by atoms with Crippen LogP contribution in [0.2, 0.25) is 0 Å². The summed E-state index contributed by atoms with van der Waals surface area (Å²) in [5.41, 5.74) is 13.2. The van der Waals surface area contributed by atoms with Crippen LogP contribution in [-0.4, -0.2) is 19.1 Å². The van der Waals surface area contributed by atoms with Crippen molar-refractivity contribution in [2.45, 2.75) is 6.92 Å². The Bertz CT molecular complexity index is 3050. The number of nitrogens with zero attached hydrogens (tertiary/aromatic N) is 4. The highest BCUT2D eigenvalue weighted by atomic mass is 16.3. The van der Waals surface area contributed by atoms with Crippen molar-refractivity contribution in [2.24, 2.45) is 0 Å². The molecule has 5 nitrogen and oxygen atoms in total. The lowest BCUT2D eigenvalue weighted by Gasteiger charge is -2.11. The van der Waals surface area contributed by atoms with E-state index in [4.69, 9.17) is 9.40 Å². The molecule has 5 heteroatoms. The van der Waals surface area contributed by atoms with E-state index >= 15 is 0 Å². The summed E-state index contributed by atoms with van der Waals surface area (Å²) in [7, 11) is 0. The molecule has 10 rings (SSSR count). The van der Waals surface area contributed by atoms with Crippen molar-refractivity contribution in [3.05, 3.63) is 170 Å². The third-order valence-electron chi connectivity index (χ3n) is 10.1. The van der Waals surface area contributed by atoms with Gasteiger partial charge in [0.15, 0.2) is 5.58 Å².